The van der Waals surface area contributed by atoms with Crippen LogP contribution in [0.25, 0.3) is 0 Å². The van der Waals surface area contributed by atoms with Crippen molar-refractivity contribution >= 4 is 15.8 Å². The van der Waals surface area contributed by atoms with Gasteiger partial charge >= 0.3 is 0 Å². The van der Waals surface area contributed by atoms with Gasteiger partial charge in [-0.1, -0.05) is 26.0 Å². The first-order chi connectivity index (χ1) is 12.8. The Bertz CT molecular complexity index is 714. The van der Waals surface area contributed by atoms with Crippen LogP contribution in [0.2, 0.25) is 0 Å². The lowest BCUT2D eigenvalue weighted by molar-refractivity contribution is 0.271. The number of rotatable bonds is 8. The molecule has 0 saturated carbocycles. The molecule has 2 atom stereocenters. The van der Waals surface area contributed by atoms with Crippen LogP contribution in [0.1, 0.15) is 45.7 Å². The summed E-state index contributed by atoms with van der Waals surface area (Å²) < 4.78 is 28.9. The number of nitrogens with one attached hydrogen (secondary N) is 2. The van der Waals surface area contributed by atoms with Gasteiger partial charge in [0, 0.05) is 13.1 Å². The molecule has 1 saturated heterocycles. The number of sulfone groups is 1. The van der Waals surface area contributed by atoms with Crippen molar-refractivity contribution in [2.24, 2.45) is 16.8 Å². The zero-order valence-electron chi connectivity index (χ0n) is 16.9. The first kappa shape index (κ1) is 21.5. The zero-order valence-corrected chi connectivity index (χ0v) is 17.7. The van der Waals surface area contributed by atoms with E-state index >= 15 is 0 Å². The highest BCUT2D eigenvalue weighted by atomic mass is 32.2. The minimum Gasteiger partial charge on any atom is -0.493 e. The van der Waals surface area contributed by atoms with Crippen molar-refractivity contribution in [2.75, 3.05) is 31.2 Å². The van der Waals surface area contributed by atoms with Gasteiger partial charge in [0.05, 0.1) is 24.2 Å². The van der Waals surface area contributed by atoms with Crippen molar-refractivity contribution in [2.45, 2.75) is 40.2 Å². The first-order valence-electron chi connectivity index (χ1n) is 9.77. The van der Waals surface area contributed by atoms with Gasteiger partial charge in [-0.25, -0.2) is 8.42 Å². The molecule has 1 aromatic carbocycles. The second kappa shape index (κ2) is 9.97. The minimum atomic E-state index is -2.86. The van der Waals surface area contributed by atoms with Crippen molar-refractivity contribution < 1.29 is 13.2 Å². The van der Waals surface area contributed by atoms with Gasteiger partial charge in [-0.2, -0.15) is 0 Å². The van der Waals surface area contributed by atoms with Gasteiger partial charge < -0.3 is 15.4 Å². The van der Waals surface area contributed by atoms with Gasteiger partial charge in [-0.15, -0.1) is 0 Å². The number of nitrogens with zero attached hydrogens (tertiary/aromatic N) is 1. The van der Waals surface area contributed by atoms with E-state index in [0.717, 1.165) is 23.8 Å². The lowest BCUT2D eigenvalue weighted by Gasteiger charge is -2.19. The highest BCUT2D eigenvalue weighted by Gasteiger charge is 2.27. The third-order valence-corrected chi connectivity index (χ3v) is 6.33. The van der Waals surface area contributed by atoms with Crippen molar-refractivity contribution in [1.29, 1.82) is 0 Å². The molecular weight excluding hydrogens is 362 g/mol. The van der Waals surface area contributed by atoms with Gasteiger partial charge in [0.2, 0.25) is 0 Å². The highest BCUT2D eigenvalue weighted by molar-refractivity contribution is 7.91. The fourth-order valence-electron chi connectivity index (χ4n) is 2.96. The quantitative estimate of drug-likeness (QED) is 0.523. The SMILES string of the molecule is CCNC(=NCC1CCS(=O)(=O)C1)NC(C)c1ccc(OCC(C)C)cc1. The van der Waals surface area contributed by atoms with E-state index in [1.54, 1.807) is 0 Å². The number of guanidine groups is 1. The lowest BCUT2D eigenvalue weighted by Crippen LogP contribution is -2.39. The molecule has 2 rings (SSSR count). The average Bonchev–Trinajstić information content (AvgIpc) is 2.97. The Kier molecular flexibility index (Phi) is 7.95. The fraction of sp³-hybridized carbons (Fsp3) is 0.650. The summed E-state index contributed by atoms with van der Waals surface area (Å²) in [4.78, 5) is 4.60. The second-order valence-electron chi connectivity index (χ2n) is 7.63. The number of aliphatic imine (C=N–C) groups is 1. The summed E-state index contributed by atoms with van der Waals surface area (Å²) in [5.74, 6) is 2.76. The van der Waals surface area contributed by atoms with Crippen LogP contribution < -0.4 is 15.4 Å². The van der Waals surface area contributed by atoms with Gasteiger partial charge in [0.25, 0.3) is 0 Å². The maximum absolute atomic E-state index is 11.6. The van der Waals surface area contributed by atoms with E-state index in [1.807, 2.05) is 19.1 Å². The minimum absolute atomic E-state index is 0.0780. The van der Waals surface area contributed by atoms with Gasteiger partial charge in [0.1, 0.15) is 5.75 Å². The molecule has 2 unspecified atom stereocenters. The number of hydrogen-bond donors (Lipinski definition) is 2. The van der Waals surface area contributed by atoms with Crippen LogP contribution >= 0.6 is 0 Å². The summed E-state index contributed by atoms with van der Waals surface area (Å²) in [6, 6.07) is 8.17. The van der Waals surface area contributed by atoms with Crippen molar-refractivity contribution in [3.05, 3.63) is 29.8 Å². The summed E-state index contributed by atoms with van der Waals surface area (Å²) in [5.41, 5.74) is 1.14. The molecule has 1 aromatic rings. The Morgan fingerprint density at radius 1 is 1.26 bits per heavy atom. The molecule has 0 spiro atoms. The summed E-state index contributed by atoms with van der Waals surface area (Å²) in [6.45, 7) is 10.3. The number of ether oxygens (including phenoxy) is 1. The molecule has 6 nitrogen and oxygen atoms in total. The standard InChI is InChI=1S/C20H33N3O3S/c1-5-21-20(22-12-17-10-11-27(24,25)14-17)23-16(4)18-6-8-19(9-7-18)26-13-15(2)3/h6-9,15-17H,5,10-14H2,1-4H3,(H2,21,22,23). The van der Waals surface area contributed by atoms with E-state index in [0.29, 0.717) is 31.2 Å². The molecular formula is C20H33N3O3S. The van der Waals surface area contributed by atoms with E-state index in [-0.39, 0.29) is 17.7 Å². The Hall–Kier alpha value is -1.76. The largest absolute Gasteiger partial charge is 0.493 e. The van der Waals surface area contributed by atoms with Crippen LogP contribution in [0, 0.1) is 11.8 Å². The Morgan fingerprint density at radius 3 is 2.52 bits per heavy atom. The van der Waals surface area contributed by atoms with E-state index in [4.69, 9.17) is 4.74 Å². The van der Waals surface area contributed by atoms with E-state index in [1.165, 1.54) is 0 Å². The molecule has 0 aliphatic carbocycles. The van der Waals surface area contributed by atoms with Crippen LogP contribution in [-0.2, 0) is 9.84 Å². The molecule has 7 heteroatoms. The number of hydrogen-bond acceptors (Lipinski definition) is 4. The molecule has 152 valence electrons. The smallest absolute Gasteiger partial charge is 0.191 e. The summed E-state index contributed by atoms with van der Waals surface area (Å²) in [6.07, 6.45) is 0.707. The number of benzene rings is 1. The lowest BCUT2D eigenvalue weighted by atomic mass is 10.1. The maximum atomic E-state index is 11.6. The Morgan fingerprint density at radius 2 is 1.96 bits per heavy atom. The van der Waals surface area contributed by atoms with Gasteiger partial charge in [-0.05, 0) is 49.8 Å². The second-order valence-corrected chi connectivity index (χ2v) is 9.86. The van der Waals surface area contributed by atoms with Crippen LogP contribution in [0.3, 0.4) is 0 Å². The molecule has 2 N–H and O–H groups in total. The van der Waals surface area contributed by atoms with E-state index < -0.39 is 9.84 Å². The highest BCUT2D eigenvalue weighted by Crippen LogP contribution is 2.20. The van der Waals surface area contributed by atoms with Crippen molar-refractivity contribution in [3.8, 4) is 5.75 Å². The maximum Gasteiger partial charge on any atom is 0.191 e. The normalized spacial score (nSPS) is 20.5. The van der Waals surface area contributed by atoms with Crippen LogP contribution in [0.4, 0.5) is 0 Å². The summed E-state index contributed by atoms with van der Waals surface area (Å²) in [5, 5.41) is 6.63. The predicted molar refractivity (Wildman–Crippen MR) is 111 cm³/mol. The third-order valence-electron chi connectivity index (χ3n) is 4.50. The fourth-order valence-corrected chi connectivity index (χ4v) is 4.81. The van der Waals surface area contributed by atoms with Gasteiger partial charge in [0.15, 0.2) is 15.8 Å². The van der Waals surface area contributed by atoms with Crippen LogP contribution in [0.5, 0.6) is 5.75 Å². The van der Waals surface area contributed by atoms with E-state index in [2.05, 4.69) is 48.5 Å². The van der Waals surface area contributed by atoms with Gasteiger partial charge in [-0.3, -0.25) is 4.99 Å². The molecule has 1 heterocycles. The molecule has 0 aromatic heterocycles. The summed E-state index contributed by atoms with van der Waals surface area (Å²) >= 11 is 0. The van der Waals surface area contributed by atoms with Crippen molar-refractivity contribution in [3.63, 3.8) is 0 Å². The Balaban J connectivity index is 1.93. The third kappa shape index (κ3) is 7.40. The molecule has 0 amide bonds. The van der Waals surface area contributed by atoms with E-state index in [9.17, 15) is 8.42 Å². The molecule has 0 bridgehead atoms. The van der Waals surface area contributed by atoms with Crippen LogP contribution in [0.15, 0.2) is 29.3 Å². The predicted octanol–water partition coefficient (Wildman–Crippen LogP) is 2.77. The first-order valence-corrected chi connectivity index (χ1v) is 11.6. The van der Waals surface area contributed by atoms with Crippen LogP contribution in [-0.4, -0.2) is 45.6 Å². The monoisotopic (exact) mass is 395 g/mol. The zero-order chi connectivity index (χ0) is 19.9. The van der Waals surface area contributed by atoms with Crippen molar-refractivity contribution in [1.82, 2.24) is 10.6 Å². The molecule has 0 radical (unpaired) electrons. The Labute approximate surface area is 163 Å². The molecule has 1 aliphatic heterocycles. The molecule has 1 fully saturated rings. The molecule has 27 heavy (non-hydrogen) atoms. The molecule has 1 aliphatic rings. The topological polar surface area (TPSA) is 79.8 Å². The average molecular weight is 396 g/mol. The summed E-state index contributed by atoms with van der Waals surface area (Å²) in [7, 11) is -2.86.